The molecule has 2 N–H and O–H groups in total. The molecule has 0 aliphatic rings. The average molecular weight is 517 g/mol. The van der Waals surface area contributed by atoms with Crippen molar-refractivity contribution in [2.45, 2.75) is 0 Å². The number of fused-ring (bicyclic) bond motifs is 6. The van der Waals surface area contributed by atoms with Crippen molar-refractivity contribution in [3.63, 3.8) is 0 Å². The van der Waals surface area contributed by atoms with Gasteiger partial charge >= 0.3 is 0 Å². The van der Waals surface area contributed by atoms with E-state index in [0.29, 0.717) is 10.8 Å². The summed E-state index contributed by atoms with van der Waals surface area (Å²) in [5.74, 6) is -0.0937. The minimum Gasteiger partial charge on any atom is -0.504 e. The molecule has 9 aromatic carbocycles. The van der Waals surface area contributed by atoms with Crippen LogP contribution in [0.5, 0.6) is 11.5 Å². The molecule has 0 aliphatic heterocycles. The summed E-state index contributed by atoms with van der Waals surface area (Å²) in [6, 6.07) is 38.9. The first-order valence-corrected chi connectivity index (χ1v) is 13.9. The topological polar surface area (TPSA) is 40.5 Å². The van der Waals surface area contributed by atoms with Crippen LogP contribution in [0.3, 0.4) is 0 Å². The number of rotatable bonds is 2. The van der Waals surface area contributed by atoms with Gasteiger partial charge in [0.25, 0.3) is 0 Å². The monoisotopic (exact) mass is 516 g/mol. The fourth-order valence-corrected chi connectivity index (χ4v) is 7.71. The van der Waals surface area contributed by atoms with E-state index in [2.05, 4.69) is 91.0 Å². The highest BCUT2D eigenvalue weighted by Crippen LogP contribution is 2.48. The normalized spacial score (nSPS) is 12.3. The first-order valence-electron chi connectivity index (χ1n) is 13.1. The Morgan fingerprint density at radius 3 is 1.82 bits per heavy atom. The number of benzene rings is 9. The lowest BCUT2D eigenvalue weighted by Crippen LogP contribution is -1.91. The van der Waals surface area contributed by atoms with Crippen molar-refractivity contribution in [1.82, 2.24) is 0 Å². The summed E-state index contributed by atoms with van der Waals surface area (Å²) in [6.45, 7) is 0. The molecule has 0 fully saturated rings. The second kappa shape index (κ2) is 7.37. The van der Waals surface area contributed by atoms with Gasteiger partial charge < -0.3 is 10.2 Å². The van der Waals surface area contributed by atoms with Crippen molar-refractivity contribution in [3.8, 4) is 33.8 Å². The van der Waals surface area contributed by atoms with E-state index in [9.17, 15) is 10.2 Å². The van der Waals surface area contributed by atoms with Gasteiger partial charge in [0.15, 0.2) is 11.5 Å². The molecule has 0 unspecified atom stereocenters. The summed E-state index contributed by atoms with van der Waals surface area (Å²) >= 11 is 1.85. The summed E-state index contributed by atoms with van der Waals surface area (Å²) < 4.78 is 2.62. The van der Waals surface area contributed by atoms with Crippen LogP contribution in [-0.4, -0.2) is 10.2 Å². The number of phenolic OH excluding ortho intramolecular Hbond substituents is 2. The standard InChI is InChI=1S/C36H20O2S/c37-35-22-10-16-29(36(35)38)30(17-22)24-12-6-20-7-14-27-23(11-5-19-8-15-28(24)34(20)33(19)27)21-9-13-26-25-3-1-2-4-31(25)39-32(26)18-21/h1-18,37-38H. The Morgan fingerprint density at radius 1 is 0.410 bits per heavy atom. The molecular weight excluding hydrogens is 496 g/mol. The molecule has 10 rings (SSSR count). The van der Waals surface area contributed by atoms with Gasteiger partial charge in [0.1, 0.15) is 0 Å². The molecule has 39 heavy (non-hydrogen) atoms. The minimum absolute atomic E-state index is 0.0467. The van der Waals surface area contributed by atoms with Gasteiger partial charge in [-0.25, -0.2) is 0 Å². The van der Waals surface area contributed by atoms with Gasteiger partial charge in [0.05, 0.1) is 0 Å². The van der Waals surface area contributed by atoms with E-state index in [0.717, 1.165) is 16.5 Å². The number of thiophene rings is 1. The predicted octanol–water partition coefficient (Wildman–Crippen LogP) is 10.3. The third-order valence-corrected chi connectivity index (χ3v) is 9.55. The lowest BCUT2D eigenvalue weighted by molar-refractivity contribution is 0.411. The maximum absolute atomic E-state index is 10.6. The highest BCUT2D eigenvalue weighted by Gasteiger charge is 2.19. The molecule has 0 saturated heterocycles. The van der Waals surface area contributed by atoms with Crippen molar-refractivity contribution in [3.05, 3.63) is 109 Å². The van der Waals surface area contributed by atoms with Crippen LogP contribution in [0.2, 0.25) is 0 Å². The molecule has 0 aliphatic carbocycles. The average Bonchev–Trinajstić information content (AvgIpc) is 3.36. The molecule has 3 heteroatoms. The molecule has 2 bridgehead atoms. The lowest BCUT2D eigenvalue weighted by atomic mass is 9.86. The van der Waals surface area contributed by atoms with Crippen LogP contribution in [0.1, 0.15) is 0 Å². The third-order valence-electron chi connectivity index (χ3n) is 8.42. The highest BCUT2D eigenvalue weighted by molar-refractivity contribution is 7.25. The number of phenols is 4. The third kappa shape index (κ3) is 2.75. The maximum Gasteiger partial charge on any atom is 0.166 e. The van der Waals surface area contributed by atoms with E-state index in [1.54, 1.807) is 0 Å². The largest absolute Gasteiger partial charge is 0.504 e. The Bertz CT molecular complexity index is 2410. The molecule has 0 atom stereocenters. The van der Waals surface area contributed by atoms with Crippen molar-refractivity contribution < 1.29 is 10.2 Å². The fraction of sp³-hybridized carbons (Fsp3) is 0. The van der Waals surface area contributed by atoms with Gasteiger partial charge in [0.2, 0.25) is 0 Å². The molecule has 182 valence electrons. The predicted molar refractivity (Wildman–Crippen MR) is 166 cm³/mol. The SMILES string of the molecule is Oc1c(O)c2ccc1cc2-c1ccc2ccc3c(-c4ccc5c(c4)sc4ccccc45)ccc4ccc1c2c43. The zero-order valence-electron chi connectivity index (χ0n) is 20.7. The van der Waals surface area contributed by atoms with Gasteiger partial charge in [0, 0.05) is 30.9 Å². The van der Waals surface area contributed by atoms with Crippen LogP contribution in [0, 0.1) is 0 Å². The zero-order valence-corrected chi connectivity index (χ0v) is 21.5. The maximum atomic E-state index is 10.6. The summed E-state index contributed by atoms with van der Waals surface area (Å²) in [5.41, 5.74) is 4.46. The fourth-order valence-electron chi connectivity index (χ4n) is 6.57. The summed E-state index contributed by atoms with van der Waals surface area (Å²) in [6.07, 6.45) is 0. The van der Waals surface area contributed by atoms with Crippen molar-refractivity contribution >= 4 is 74.6 Å². The molecule has 1 aromatic heterocycles. The number of aromatic hydroxyl groups is 2. The molecule has 0 amide bonds. The highest BCUT2D eigenvalue weighted by atomic mass is 32.1. The smallest absolute Gasteiger partial charge is 0.166 e. The second-order valence-electron chi connectivity index (χ2n) is 10.4. The summed E-state index contributed by atoms with van der Waals surface area (Å²) in [7, 11) is 0. The Hall–Kier alpha value is -4.86. The van der Waals surface area contributed by atoms with Gasteiger partial charge in [-0.15, -0.1) is 11.3 Å². The van der Waals surface area contributed by atoms with Gasteiger partial charge in [-0.3, -0.25) is 0 Å². The van der Waals surface area contributed by atoms with E-state index < -0.39 is 0 Å². The Kier molecular flexibility index (Phi) is 3.99. The first kappa shape index (κ1) is 21.1. The van der Waals surface area contributed by atoms with E-state index >= 15 is 0 Å². The van der Waals surface area contributed by atoms with E-state index in [1.807, 2.05) is 29.5 Å². The van der Waals surface area contributed by atoms with E-state index in [1.165, 1.54) is 58.2 Å². The van der Waals surface area contributed by atoms with Gasteiger partial charge in [-0.05, 0) is 78.8 Å². The lowest BCUT2D eigenvalue weighted by Gasteiger charge is -2.18. The van der Waals surface area contributed by atoms with Crippen molar-refractivity contribution in [1.29, 1.82) is 0 Å². The molecule has 2 nitrogen and oxygen atoms in total. The van der Waals surface area contributed by atoms with Gasteiger partial charge in [-0.2, -0.15) is 0 Å². The summed E-state index contributed by atoms with van der Waals surface area (Å²) in [5, 5.41) is 32.1. The molecule has 10 aromatic rings. The number of hydrogen-bond acceptors (Lipinski definition) is 3. The van der Waals surface area contributed by atoms with Crippen LogP contribution in [0.4, 0.5) is 0 Å². The van der Waals surface area contributed by atoms with Crippen LogP contribution >= 0.6 is 11.3 Å². The first-order chi connectivity index (χ1) is 19.2. The number of hydrogen-bond donors (Lipinski definition) is 2. The van der Waals surface area contributed by atoms with Crippen LogP contribution < -0.4 is 0 Å². The molecular formula is C36H20O2S. The van der Waals surface area contributed by atoms with Crippen molar-refractivity contribution in [2.24, 2.45) is 0 Å². The van der Waals surface area contributed by atoms with Crippen molar-refractivity contribution in [2.75, 3.05) is 0 Å². The molecule has 1 heterocycles. The summed E-state index contributed by atoms with van der Waals surface area (Å²) in [4.78, 5) is 0. The Labute approximate surface area is 227 Å². The Morgan fingerprint density at radius 2 is 1.03 bits per heavy atom. The van der Waals surface area contributed by atoms with Crippen LogP contribution in [-0.2, 0) is 0 Å². The molecule has 0 radical (unpaired) electrons. The quantitative estimate of drug-likeness (QED) is 0.177. The zero-order chi connectivity index (χ0) is 25.8. The minimum atomic E-state index is -0.0470. The van der Waals surface area contributed by atoms with Gasteiger partial charge in [-0.1, -0.05) is 84.9 Å². The van der Waals surface area contributed by atoms with Crippen LogP contribution in [0.25, 0.3) is 85.5 Å². The molecule has 0 saturated carbocycles. The molecule has 0 spiro atoms. The second-order valence-corrected chi connectivity index (χ2v) is 11.5. The van der Waals surface area contributed by atoms with E-state index in [-0.39, 0.29) is 11.5 Å². The Balaban J connectivity index is 1.33. The van der Waals surface area contributed by atoms with E-state index in [4.69, 9.17) is 0 Å². The van der Waals surface area contributed by atoms with Crippen LogP contribution in [0.15, 0.2) is 109 Å².